The minimum atomic E-state index is -4.51. The highest BCUT2D eigenvalue weighted by atomic mass is 19.4. The van der Waals surface area contributed by atoms with E-state index in [4.69, 9.17) is 4.74 Å². The molecule has 0 bridgehead atoms. The van der Waals surface area contributed by atoms with Crippen LogP contribution in [-0.4, -0.2) is 36.1 Å². The van der Waals surface area contributed by atoms with Crippen LogP contribution in [0.1, 0.15) is 19.4 Å². The maximum absolute atomic E-state index is 12.9. The number of nitrogens with zero attached hydrogens (tertiary/aromatic N) is 1. The molecule has 2 aliphatic rings. The monoisotopic (exact) mass is 343 g/mol. The van der Waals surface area contributed by atoms with E-state index in [1.807, 2.05) is 0 Å². The summed E-state index contributed by atoms with van der Waals surface area (Å²) in [5.41, 5.74) is -1.65. The van der Waals surface area contributed by atoms with Crippen molar-refractivity contribution < 1.29 is 22.7 Å². The molecule has 3 rings (SSSR count). The molecule has 132 valence electrons. The van der Waals surface area contributed by atoms with Gasteiger partial charge >= 0.3 is 6.18 Å². The van der Waals surface area contributed by atoms with Crippen molar-refractivity contribution in [2.45, 2.75) is 25.6 Å². The maximum atomic E-state index is 12.9. The number of amides is 1. The van der Waals surface area contributed by atoms with Gasteiger partial charge in [-0.05, 0) is 44.8 Å². The molecule has 1 aromatic rings. The van der Waals surface area contributed by atoms with Crippen molar-refractivity contribution in [3.05, 3.63) is 24.0 Å². The molecule has 24 heavy (non-hydrogen) atoms. The summed E-state index contributed by atoms with van der Waals surface area (Å²) in [5.74, 6) is 0.394. The Morgan fingerprint density at radius 2 is 2.04 bits per heavy atom. The summed E-state index contributed by atoms with van der Waals surface area (Å²) in [6.07, 6.45) is -2.40. The van der Waals surface area contributed by atoms with Gasteiger partial charge in [-0.25, -0.2) is 0 Å². The van der Waals surface area contributed by atoms with Crippen molar-refractivity contribution in [3.63, 3.8) is 0 Å². The van der Waals surface area contributed by atoms with Crippen LogP contribution in [-0.2, 0) is 11.0 Å². The van der Waals surface area contributed by atoms with E-state index >= 15 is 0 Å². The number of alkyl halides is 3. The molecule has 1 aromatic heterocycles. The Labute approximate surface area is 138 Å². The molecule has 1 aliphatic heterocycles. The molecular formula is C16H20F3N3O2. The van der Waals surface area contributed by atoms with Crippen LogP contribution in [0, 0.1) is 17.8 Å². The normalized spacial score (nSPS) is 26.0. The predicted molar refractivity (Wildman–Crippen MR) is 80.3 cm³/mol. The number of halogens is 3. The first-order chi connectivity index (χ1) is 11.2. The zero-order valence-electron chi connectivity index (χ0n) is 13.5. The van der Waals surface area contributed by atoms with Crippen molar-refractivity contribution in [2.24, 2.45) is 17.8 Å². The third-order valence-electron chi connectivity index (χ3n) is 4.53. The topological polar surface area (TPSA) is 63.2 Å². The zero-order chi connectivity index (χ0) is 17.5. The van der Waals surface area contributed by atoms with E-state index in [0.717, 1.165) is 31.5 Å². The van der Waals surface area contributed by atoms with Gasteiger partial charge in [-0.2, -0.15) is 13.2 Å². The number of rotatable bonds is 5. The second-order valence-electron chi connectivity index (χ2n) is 7.04. The van der Waals surface area contributed by atoms with Gasteiger partial charge in [0.25, 0.3) is 0 Å². The average Bonchev–Trinajstić information content (AvgIpc) is 2.98. The van der Waals surface area contributed by atoms with Crippen molar-refractivity contribution in [1.82, 2.24) is 15.6 Å². The molecule has 0 radical (unpaired) electrons. The molecule has 0 spiro atoms. The Morgan fingerprint density at radius 1 is 1.38 bits per heavy atom. The van der Waals surface area contributed by atoms with Crippen molar-refractivity contribution in [1.29, 1.82) is 0 Å². The van der Waals surface area contributed by atoms with Crippen LogP contribution in [0.4, 0.5) is 13.2 Å². The number of carbonyl (C=O) groups excluding carboxylic acids is 1. The lowest BCUT2D eigenvalue weighted by atomic mass is 10.1. The number of pyridine rings is 1. The smallest absolute Gasteiger partial charge is 0.420 e. The standard InChI is InChI=1S/C16H20F3N3O2/c1-15(2,22-14(23)13-9-5-21-6-10(9)13)8-24-12-7-20-4-3-11(12)16(17,18)19/h3-4,7,9-10,13,21H,5-6,8H2,1-2H3,(H,22,23). The maximum Gasteiger partial charge on any atom is 0.420 e. The van der Waals surface area contributed by atoms with Gasteiger partial charge < -0.3 is 15.4 Å². The fourth-order valence-electron chi connectivity index (χ4n) is 3.25. The van der Waals surface area contributed by atoms with Crippen LogP contribution in [0.3, 0.4) is 0 Å². The summed E-state index contributed by atoms with van der Waals surface area (Å²) in [6.45, 7) is 5.08. The van der Waals surface area contributed by atoms with Gasteiger partial charge in [0, 0.05) is 12.1 Å². The van der Waals surface area contributed by atoms with E-state index < -0.39 is 17.3 Å². The first-order valence-electron chi connectivity index (χ1n) is 7.86. The highest BCUT2D eigenvalue weighted by molar-refractivity contribution is 5.83. The number of hydrogen-bond donors (Lipinski definition) is 2. The second-order valence-corrected chi connectivity index (χ2v) is 7.04. The summed E-state index contributed by atoms with van der Waals surface area (Å²) < 4.78 is 44.1. The zero-order valence-corrected chi connectivity index (χ0v) is 13.5. The SMILES string of the molecule is CC(C)(COc1cnccc1C(F)(F)F)NC(=O)C1C2CNCC21. The van der Waals surface area contributed by atoms with Crippen LogP contribution in [0.15, 0.2) is 18.5 Å². The Morgan fingerprint density at radius 3 is 2.67 bits per heavy atom. The first kappa shape index (κ1) is 17.0. The number of aromatic nitrogens is 1. The first-order valence-corrected chi connectivity index (χ1v) is 7.86. The molecule has 1 saturated heterocycles. The van der Waals surface area contributed by atoms with Gasteiger partial charge in [0.05, 0.1) is 11.7 Å². The third-order valence-corrected chi connectivity index (χ3v) is 4.53. The van der Waals surface area contributed by atoms with Gasteiger partial charge in [0.15, 0.2) is 0 Å². The van der Waals surface area contributed by atoms with Crippen molar-refractivity contribution in [3.8, 4) is 5.75 Å². The van der Waals surface area contributed by atoms with Gasteiger partial charge in [-0.15, -0.1) is 0 Å². The van der Waals surface area contributed by atoms with Crippen LogP contribution >= 0.6 is 0 Å². The summed E-state index contributed by atoms with van der Waals surface area (Å²) >= 11 is 0. The Bertz CT molecular complexity index is 623. The van der Waals surface area contributed by atoms with E-state index in [9.17, 15) is 18.0 Å². The van der Waals surface area contributed by atoms with Crippen LogP contribution < -0.4 is 15.4 Å². The Kier molecular flexibility index (Phi) is 4.19. The lowest BCUT2D eigenvalue weighted by molar-refractivity contribution is -0.139. The van der Waals surface area contributed by atoms with E-state index in [1.54, 1.807) is 13.8 Å². The number of nitrogens with one attached hydrogen (secondary N) is 2. The highest BCUT2D eigenvalue weighted by Gasteiger charge is 2.57. The molecule has 1 amide bonds. The number of fused-ring (bicyclic) bond motifs is 1. The number of carbonyl (C=O) groups is 1. The van der Waals surface area contributed by atoms with Gasteiger partial charge in [-0.3, -0.25) is 9.78 Å². The highest BCUT2D eigenvalue weighted by Crippen LogP contribution is 2.48. The lowest BCUT2D eigenvalue weighted by Gasteiger charge is -2.27. The largest absolute Gasteiger partial charge is 0.489 e. The van der Waals surface area contributed by atoms with E-state index in [2.05, 4.69) is 15.6 Å². The molecule has 2 atom stereocenters. The molecule has 1 aliphatic carbocycles. The van der Waals surface area contributed by atoms with Gasteiger partial charge in [0.2, 0.25) is 5.91 Å². The summed E-state index contributed by atoms with van der Waals surface area (Å²) in [5, 5.41) is 6.10. The fourth-order valence-corrected chi connectivity index (χ4v) is 3.25. The van der Waals surface area contributed by atoms with Crippen LogP contribution in [0.2, 0.25) is 0 Å². The van der Waals surface area contributed by atoms with E-state index in [-0.39, 0.29) is 24.2 Å². The van der Waals surface area contributed by atoms with E-state index in [1.165, 1.54) is 0 Å². The van der Waals surface area contributed by atoms with E-state index in [0.29, 0.717) is 11.8 Å². The molecular weight excluding hydrogens is 323 g/mol. The van der Waals surface area contributed by atoms with Crippen LogP contribution in [0.5, 0.6) is 5.75 Å². The minimum Gasteiger partial charge on any atom is -0.489 e. The minimum absolute atomic E-state index is 0.00894. The fraction of sp³-hybridized carbons (Fsp3) is 0.625. The number of ether oxygens (including phenoxy) is 1. The van der Waals surface area contributed by atoms with Crippen molar-refractivity contribution >= 4 is 5.91 Å². The Hall–Kier alpha value is -1.83. The summed E-state index contributed by atoms with van der Waals surface area (Å²) in [6, 6.07) is 0.874. The molecule has 2 unspecified atom stereocenters. The molecule has 2 fully saturated rings. The molecule has 8 heteroatoms. The Balaban J connectivity index is 1.58. The van der Waals surface area contributed by atoms with Gasteiger partial charge in [0.1, 0.15) is 17.9 Å². The molecule has 5 nitrogen and oxygen atoms in total. The average molecular weight is 343 g/mol. The summed E-state index contributed by atoms with van der Waals surface area (Å²) in [7, 11) is 0. The number of hydrogen-bond acceptors (Lipinski definition) is 4. The summed E-state index contributed by atoms with van der Waals surface area (Å²) in [4.78, 5) is 16.0. The number of piperidine rings is 1. The predicted octanol–water partition coefficient (Wildman–Crippen LogP) is 1.84. The molecule has 2 N–H and O–H groups in total. The van der Waals surface area contributed by atoms with Crippen LogP contribution in [0.25, 0.3) is 0 Å². The molecule has 1 saturated carbocycles. The third kappa shape index (κ3) is 3.48. The lowest BCUT2D eigenvalue weighted by Crippen LogP contribution is -2.49. The van der Waals surface area contributed by atoms with Crippen molar-refractivity contribution in [2.75, 3.05) is 19.7 Å². The second kappa shape index (κ2) is 5.91. The van der Waals surface area contributed by atoms with Gasteiger partial charge in [-0.1, -0.05) is 0 Å². The molecule has 2 heterocycles. The quantitative estimate of drug-likeness (QED) is 0.856. The molecule has 0 aromatic carbocycles.